The first-order chi connectivity index (χ1) is 24.8. The molecule has 0 fully saturated rings. The zero-order chi connectivity index (χ0) is 33.1. The molecule has 1 heteroatoms. The first kappa shape index (κ1) is 28.6. The SMILES string of the molecule is c1ccc(-c2ccc(N(c3ccc(-c4ccccc4)cc3)c3ccc4c5c3-c3ccccc3[C@@]5(c3ccccc3)c3ccccc3-4)cc2)cc1. The minimum absolute atomic E-state index is 0.394. The van der Waals surface area contributed by atoms with Gasteiger partial charge in [0.25, 0.3) is 0 Å². The van der Waals surface area contributed by atoms with Crippen molar-refractivity contribution in [2.75, 3.05) is 4.90 Å². The summed E-state index contributed by atoms with van der Waals surface area (Å²) in [6.07, 6.45) is 0. The number of hydrogen-bond acceptors (Lipinski definition) is 1. The van der Waals surface area contributed by atoms with Crippen LogP contribution in [0.25, 0.3) is 44.5 Å². The predicted molar refractivity (Wildman–Crippen MR) is 208 cm³/mol. The molecule has 0 N–H and O–H groups in total. The zero-order valence-corrected chi connectivity index (χ0v) is 27.5. The fourth-order valence-electron chi connectivity index (χ4n) is 8.59. The lowest BCUT2D eigenvalue weighted by molar-refractivity contribution is 0.792. The van der Waals surface area contributed by atoms with E-state index in [-0.39, 0.29) is 0 Å². The lowest BCUT2D eigenvalue weighted by Crippen LogP contribution is -2.26. The van der Waals surface area contributed by atoms with Crippen molar-refractivity contribution in [3.05, 3.63) is 222 Å². The molecule has 0 aliphatic heterocycles. The van der Waals surface area contributed by atoms with Gasteiger partial charge in [-0.2, -0.15) is 0 Å². The lowest BCUT2D eigenvalue weighted by atomic mass is 9.70. The smallest absolute Gasteiger partial charge is 0.0726 e. The monoisotopic (exact) mass is 635 g/mol. The summed E-state index contributed by atoms with van der Waals surface area (Å²) >= 11 is 0. The summed E-state index contributed by atoms with van der Waals surface area (Å²) in [6.45, 7) is 0. The van der Waals surface area contributed by atoms with Crippen LogP contribution in [0.4, 0.5) is 17.1 Å². The van der Waals surface area contributed by atoms with Crippen molar-refractivity contribution in [1.29, 1.82) is 0 Å². The number of hydrogen-bond donors (Lipinski definition) is 0. The van der Waals surface area contributed by atoms with E-state index in [4.69, 9.17) is 0 Å². The topological polar surface area (TPSA) is 3.24 Å². The van der Waals surface area contributed by atoms with Crippen LogP contribution in [0.3, 0.4) is 0 Å². The van der Waals surface area contributed by atoms with E-state index in [0.717, 1.165) is 11.4 Å². The summed E-state index contributed by atoms with van der Waals surface area (Å²) in [5, 5.41) is 0. The summed E-state index contributed by atoms with van der Waals surface area (Å²) in [6, 6.07) is 73.3. The number of nitrogens with zero attached hydrogens (tertiary/aromatic N) is 1. The van der Waals surface area contributed by atoms with Crippen molar-refractivity contribution < 1.29 is 0 Å². The van der Waals surface area contributed by atoms with Crippen molar-refractivity contribution in [2.24, 2.45) is 0 Å². The first-order valence-electron chi connectivity index (χ1n) is 17.4. The average molecular weight is 636 g/mol. The van der Waals surface area contributed by atoms with Crippen LogP contribution in [0.15, 0.2) is 200 Å². The Labute approximate surface area is 293 Å². The van der Waals surface area contributed by atoms with Gasteiger partial charge in [0.05, 0.1) is 11.1 Å². The van der Waals surface area contributed by atoms with Gasteiger partial charge in [0.15, 0.2) is 0 Å². The van der Waals surface area contributed by atoms with Gasteiger partial charge >= 0.3 is 0 Å². The van der Waals surface area contributed by atoms with Crippen molar-refractivity contribution in [3.63, 3.8) is 0 Å². The first-order valence-corrected chi connectivity index (χ1v) is 17.4. The fraction of sp³-hybridized carbons (Fsp3) is 0.0204. The van der Waals surface area contributed by atoms with Crippen LogP contribution in [-0.2, 0) is 5.41 Å². The van der Waals surface area contributed by atoms with E-state index in [1.165, 1.54) is 72.4 Å². The molecule has 2 aliphatic carbocycles. The van der Waals surface area contributed by atoms with Gasteiger partial charge in [-0.3, -0.25) is 0 Å². The predicted octanol–water partition coefficient (Wildman–Crippen LogP) is 12.8. The van der Waals surface area contributed by atoms with Gasteiger partial charge in [0.2, 0.25) is 0 Å². The van der Waals surface area contributed by atoms with Gasteiger partial charge in [-0.25, -0.2) is 0 Å². The lowest BCUT2D eigenvalue weighted by Gasteiger charge is -2.31. The molecular formula is C49H33N. The molecule has 1 atom stereocenters. The molecule has 0 saturated heterocycles. The van der Waals surface area contributed by atoms with Crippen LogP contribution >= 0.6 is 0 Å². The third-order valence-electron chi connectivity index (χ3n) is 10.7. The number of rotatable bonds is 6. The van der Waals surface area contributed by atoms with Gasteiger partial charge < -0.3 is 4.90 Å². The molecule has 8 aromatic rings. The summed E-state index contributed by atoms with van der Waals surface area (Å²) in [5.41, 5.74) is 18.5. The molecule has 0 aromatic heterocycles. The fourth-order valence-corrected chi connectivity index (χ4v) is 8.59. The maximum absolute atomic E-state index is 2.46. The molecule has 0 bridgehead atoms. The minimum Gasteiger partial charge on any atom is -0.310 e. The van der Waals surface area contributed by atoms with Crippen molar-refractivity contribution >= 4 is 17.1 Å². The molecule has 0 heterocycles. The maximum atomic E-state index is 2.46. The Kier molecular flexibility index (Phi) is 6.47. The van der Waals surface area contributed by atoms with Crippen molar-refractivity contribution in [3.8, 4) is 44.5 Å². The van der Waals surface area contributed by atoms with Gasteiger partial charge in [-0.05, 0) is 91.5 Å². The largest absolute Gasteiger partial charge is 0.310 e. The number of anilines is 3. The minimum atomic E-state index is -0.394. The van der Waals surface area contributed by atoms with E-state index in [1.54, 1.807) is 0 Å². The number of fused-ring (bicyclic) bond motifs is 6. The Bertz CT molecular complexity index is 2420. The van der Waals surface area contributed by atoms with Gasteiger partial charge in [-0.1, -0.05) is 170 Å². The summed E-state index contributed by atoms with van der Waals surface area (Å²) in [5.74, 6) is 0. The van der Waals surface area contributed by atoms with E-state index >= 15 is 0 Å². The van der Waals surface area contributed by atoms with E-state index in [0.29, 0.717) is 0 Å². The molecule has 234 valence electrons. The van der Waals surface area contributed by atoms with Crippen LogP contribution in [0, 0.1) is 0 Å². The third-order valence-corrected chi connectivity index (χ3v) is 10.7. The maximum Gasteiger partial charge on any atom is 0.0726 e. The molecule has 0 unspecified atom stereocenters. The van der Waals surface area contributed by atoms with E-state index in [2.05, 4.69) is 205 Å². The molecule has 8 aromatic carbocycles. The van der Waals surface area contributed by atoms with Gasteiger partial charge in [0.1, 0.15) is 0 Å². The molecule has 10 rings (SSSR count). The highest BCUT2D eigenvalue weighted by atomic mass is 15.1. The molecule has 0 spiro atoms. The second-order valence-corrected chi connectivity index (χ2v) is 13.3. The molecule has 2 aliphatic rings. The summed E-state index contributed by atoms with van der Waals surface area (Å²) in [4.78, 5) is 2.46. The Hall–Kier alpha value is -6.44. The van der Waals surface area contributed by atoms with Crippen molar-refractivity contribution in [1.82, 2.24) is 0 Å². The molecule has 0 radical (unpaired) electrons. The number of benzene rings is 8. The molecule has 0 saturated carbocycles. The zero-order valence-electron chi connectivity index (χ0n) is 27.5. The quantitative estimate of drug-likeness (QED) is 0.176. The average Bonchev–Trinajstić information content (AvgIpc) is 3.68. The van der Waals surface area contributed by atoms with Crippen molar-refractivity contribution in [2.45, 2.75) is 5.41 Å². The van der Waals surface area contributed by atoms with Gasteiger partial charge in [-0.15, -0.1) is 0 Å². The Morgan fingerprint density at radius 2 is 0.760 bits per heavy atom. The normalized spacial score (nSPS) is 14.9. The Balaban J connectivity index is 1.24. The third kappa shape index (κ3) is 4.14. The Morgan fingerprint density at radius 1 is 0.320 bits per heavy atom. The van der Waals surface area contributed by atoms with Crippen LogP contribution in [-0.4, -0.2) is 0 Å². The standard InChI is InChI=1S/C49H33N/c1-4-14-34(15-5-1)36-24-28-39(29-25-36)50(40-30-26-37(27-31-40)35-16-6-2-7-17-35)46-33-32-42-41-20-10-12-22-44(41)49(38-18-8-3-9-19-38)45-23-13-11-21-43(45)47(46)48(42)49/h1-33H/t49-/m1/s1. The van der Waals surface area contributed by atoms with Crippen LogP contribution in [0.1, 0.15) is 22.3 Å². The summed E-state index contributed by atoms with van der Waals surface area (Å²) in [7, 11) is 0. The second kappa shape index (κ2) is 11.3. The van der Waals surface area contributed by atoms with Crippen LogP contribution in [0.5, 0.6) is 0 Å². The summed E-state index contributed by atoms with van der Waals surface area (Å²) < 4.78 is 0. The van der Waals surface area contributed by atoms with Crippen LogP contribution in [0.2, 0.25) is 0 Å². The highest BCUT2D eigenvalue weighted by Gasteiger charge is 2.53. The molecule has 0 amide bonds. The highest BCUT2D eigenvalue weighted by Crippen LogP contribution is 2.66. The molecular weight excluding hydrogens is 603 g/mol. The van der Waals surface area contributed by atoms with Crippen LogP contribution < -0.4 is 4.90 Å². The Morgan fingerprint density at radius 3 is 1.32 bits per heavy atom. The van der Waals surface area contributed by atoms with Gasteiger partial charge in [0, 0.05) is 16.9 Å². The van der Waals surface area contributed by atoms with E-state index < -0.39 is 5.41 Å². The van der Waals surface area contributed by atoms with E-state index in [9.17, 15) is 0 Å². The molecule has 50 heavy (non-hydrogen) atoms. The van der Waals surface area contributed by atoms with E-state index in [1.807, 2.05) is 0 Å². The highest BCUT2D eigenvalue weighted by molar-refractivity contribution is 6.05. The second-order valence-electron chi connectivity index (χ2n) is 13.3. The molecule has 1 nitrogen and oxygen atoms in total.